The number of thioether (sulfide) groups is 1. The first-order chi connectivity index (χ1) is 11.1. The van der Waals surface area contributed by atoms with Crippen molar-refractivity contribution in [1.29, 1.82) is 0 Å². The fourth-order valence-corrected chi connectivity index (χ4v) is 3.09. The van der Waals surface area contributed by atoms with Gasteiger partial charge in [0, 0.05) is 16.8 Å². The molecule has 3 nitrogen and oxygen atoms in total. The van der Waals surface area contributed by atoms with E-state index >= 15 is 0 Å². The summed E-state index contributed by atoms with van der Waals surface area (Å²) in [5.74, 6) is 1.70. The summed E-state index contributed by atoms with van der Waals surface area (Å²) in [5, 5.41) is 2.89. The monoisotopic (exact) mass is 393 g/mol. The molecule has 0 saturated carbocycles. The molecular weight excluding hydrogens is 374 g/mol. The fraction of sp³-hybridized carbons (Fsp3) is 0.278. The minimum atomic E-state index is -0.0862. The second kappa shape index (κ2) is 8.99. The molecule has 2 aromatic rings. The number of carbonyl (C=O) groups is 1. The lowest BCUT2D eigenvalue weighted by Gasteiger charge is -2.12. The van der Waals surface area contributed by atoms with Crippen LogP contribution in [0.25, 0.3) is 0 Å². The maximum atomic E-state index is 12.2. The van der Waals surface area contributed by atoms with Gasteiger partial charge in [0.25, 0.3) is 0 Å². The second-order valence-electron chi connectivity index (χ2n) is 5.15. The molecule has 0 saturated heterocycles. The summed E-state index contributed by atoms with van der Waals surface area (Å²) in [6, 6.07) is 15.9. The first-order valence-electron chi connectivity index (χ1n) is 7.35. The molecule has 0 aromatic heterocycles. The summed E-state index contributed by atoms with van der Waals surface area (Å²) in [7, 11) is 1.64. The van der Waals surface area contributed by atoms with Crippen LogP contribution in [-0.4, -0.2) is 18.3 Å². The molecule has 0 fully saturated rings. The van der Waals surface area contributed by atoms with Crippen molar-refractivity contribution < 1.29 is 9.53 Å². The van der Waals surface area contributed by atoms with Crippen LogP contribution < -0.4 is 10.1 Å². The lowest BCUT2D eigenvalue weighted by Crippen LogP contribution is -2.30. The van der Waals surface area contributed by atoms with Gasteiger partial charge in [0.15, 0.2) is 0 Å². The smallest absolute Gasteiger partial charge is 0.233 e. The Balaban J connectivity index is 1.76. The third-order valence-corrected chi connectivity index (χ3v) is 5.15. The van der Waals surface area contributed by atoms with E-state index in [1.165, 1.54) is 5.56 Å². The van der Waals surface area contributed by atoms with Crippen LogP contribution in [0.1, 0.15) is 18.1 Å². The number of nitrogens with one attached hydrogen (secondary N) is 1. The Hall–Kier alpha value is -1.46. The Morgan fingerprint density at radius 2 is 1.74 bits per heavy atom. The molecule has 5 heteroatoms. The fourth-order valence-electron chi connectivity index (χ4n) is 1.95. The van der Waals surface area contributed by atoms with Crippen molar-refractivity contribution in [3.05, 3.63) is 64.1 Å². The molecular formula is C18H20BrNO2S. The Labute approximate surface area is 149 Å². The lowest BCUT2D eigenvalue weighted by atomic mass is 10.2. The van der Waals surface area contributed by atoms with Crippen LogP contribution in [-0.2, 0) is 17.1 Å². The number of halogens is 1. The van der Waals surface area contributed by atoms with Crippen molar-refractivity contribution in [3.8, 4) is 5.75 Å². The van der Waals surface area contributed by atoms with Crippen LogP contribution in [0, 0.1) is 0 Å². The van der Waals surface area contributed by atoms with Crippen molar-refractivity contribution in [2.45, 2.75) is 24.5 Å². The van der Waals surface area contributed by atoms with Gasteiger partial charge in [-0.05, 0) is 42.3 Å². The Kier molecular flexibility index (Phi) is 6.99. The van der Waals surface area contributed by atoms with Crippen molar-refractivity contribution in [1.82, 2.24) is 5.32 Å². The molecule has 2 rings (SSSR count). The highest BCUT2D eigenvalue weighted by Crippen LogP contribution is 2.20. The third kappa shape index (κ3) is 5.92. The Morgan fingerprint density at radius 1 is 1.13 bits per heavy atom. The average Bonchev–Trinajstić information content (AvgIpc) is 2.59. The zero-order valence-electron chi connectivity index (χ0n) is 13.2. The summed E-state index contributed by atoms with van der Waals surface area (Å²) in [5.41, 5.74) is 2.28. The van der Waals surface area contributed by atoms with Crippen LogP contribution in [0.5, 0.6) is 5.75 Å². The van der Waals surface area contributed by atoms with Crippen molar-refractivity contribution in [2.75, 3.05) is 7.11 Å². The summed E-state index contributed by atoms with van der Waals surface area (Å²) in [6.45, 7) is 2.47. The Morgan fingerprint density at radius 3 is 2.35 bits per heavy atom. The molecule has 0 spiro atoms. The normalized spacial score (nSPS) is 11.8. The topological polar surface area (TPSA) is 38.3 Å². The summed E-state index contributed by atoms with van der Waals surface area (Å²) < 4.78 is 6.19. The van der Waals surface area contributed by atoms with Gasteiger partial charge in [0.2, 0.25) is 5.91 Å². The SMILES string of the molecule is COc1ccc(CNC(=O)[C@H](C)SCc2ccc(Br)cc2)cc1. The molecule has 2 aromatic carbocycles. The molecule has 0 radical (unpaired) electrons. The predicted octanol–water partition coefficient (Wildman–Crippen LogP) is 4.40. The lowest BCUT2D eigenvalue weighted by molar-refractivity contribution is -0.120. The van der Waals surface area contributed by atoms with Gasteiger partial charge >= 0.3 is 0 Å². The molecule has 0 bridgehead atoms. The predicted molar refractivity (Wildman–Crippen MR) is 99.7 cm³/mol. The molecule has 0 heterocycles. The van der Waals surface area contributed by atoms with Crippen LogP contribution in [0.4, 0.5) is 0 Å². The van der Waals surface area contributed by atoms with Gasteiger partial charge in [-0.2, -0.15) is 0 Å². The standard InChI is InChI=1S/C18H20BrNO2S/c1-13(23-12-15-3-7-16(19)8-4-15)18(21)20-11-14-5-9-17(22-2)10-6-14/h3-10,13H,11-12H2,1-2H3,(H,20,21)/t13-/m0/s1. The number of benzene rings is 2. The molecule has 0 unspecified atom stereocenters. The maximum absolute atomic E-state index is 12.2. The van der Waals surface area contributed by atoms with Crippen molar-refractivity contribution in [2.24, 2.45) is 0 Å². The molecule has 1 N–H and O–H groups in total. The third-order valence-electron chi connectivity index (χ3n) is 3.41. The van der Waals surface area contributed by atoms with E-state index in [1.54, 1.807) is 18.9 Å². The van der Waals surface area contributed by atoms with Gasteiger partial charge in [-0.3, -0.25) is 4.79 Å². The average molecular weight is 394 g/mol. The number of rotatable bonds is 7. The molecule has 0 aliphatic heterocycles. The number of ether oxygens (including phenoxy) is 1. The molecule has 0 aliphatic rings. The zero-order valence-corrected chi connectivity index (χ0v) is 15.6. The van der Waals surface area contributed by atoms with Gasteiger partial charge in [0.05, 0.1) is 12.4 Å². The van der Waals surface area contributed by atoms with E-state index in [0.717, 1.165) is 21.5 Å². The van der Waals surface area contributed by atoms with Gasteiger partial charge in [-0.15, -0.1) is 11.8 Å². The van der Waals surface area contributed by atoms with Crippen molar-refractivity contribution in [3.63, 3.8) is 0 Å². The number of hydrogen-bond donors (Lipinski definition) is 1. The zero-order chi connectivity index (χ0) is 16.7. The molecule has 0 aliphatic carbocycles. The van der Waals surface area contributed by atoms with E-state index in [1.807, 2.05) is 43.3 Å². The number of amides is 1. The van der Waals surface area contributed by atoms with Crippen molar-refractivity contribution >= 4 is 33.6 Å². The summed E-state index contributed by atoms with van der Waals surface area (Å²) in [4.78, 5) is 12.2. The van der Waals surface area contributed by atoms with Crippen LogP contribution in [0.3, 0.4) is 0 Å². The van der Waals surface area contributed by atoms with E-state index in [-0.39, 0.29) is 11.2 Å². The van der Waals surface area contributed by atoms with Crippen LogP contribution >= 0.6 is 27.7 Å². The molecule has 23 heavy (non-hydrogen) atoms. The molecule has 1 atom stereocenters. The highest BCUT2D eigenvalue weighted by atomic mass is 79.9. The number of carbonyl (C=O) groups excluding carboxylic acids is 1. The quantitative estimate of drug-likeness (QED) is 0.757. The van der Waals surface area contributed by atoms with Gasteiger partial charge in [-0.25, -0.2) is 0 Å². The largest absolute Gasteiger partial charge is 0.497 e. The van der Waals surface area contributed by atoms with E-state index in [2.05, 4.69) is 33.4 Å². The van der Waals surface area contributed by atoms with Crippen LogP contribution in [0.2, 0.25) is 0 Å². The maximum Gasteiger partial charge on any atom is 0.233 e. The Bertz CT molecular complexity index is 628. The summed E-state index contributed by atoms with van der Waals surface area (Å²) in [6.07, 6.45) is 0. The number of hydrogen-bond acceptors (Lipinski definition) is 3. The van der Waals surface area contributed by atoms with Gasteiger partial charge < -0.3 is 10.1 Å². The highest BCUT2D eigenvalue weighted by Gasteiger charge is 2.13. The summed E-state index contributed by atoms with van der Waals surface area (Å²) >= 11 is 5.06. The van der Waals surface area contributed by atoms with Crippen LogP contribution in [0.15, 0.2) is 53.0 Å². The second-order valence-corrected chi connectivity index (χ2v) is 7.39. The van der Waals surface area contributed by atoms with Gasteiger partial charge in [-0.1, -0.05) is 40.2 Å². The first kappa shape index (κ1) is 17.9. The van der Waals surface area contributed by atoms with E-state index in [0.29, 0.717) is 6.54 Å². The minimum Gasteiger partial charge on any atom is -0.497 e. The van der Waals surface area contributed by atoms with E-state index in [4.69, 9.17) is 4.74 Å². The van der Waals surface area contributed by atoms with Gasteiger partial charge in [0.1, 0.15) is 5.75 Å². The minimum absolute atomic E-state index is 0.0583. The van der Waals surface area contributed by atoms with E-state index < -0.39 is 0 Å². The molecule has 122 valence electrons. The number of methoxy groups -OCH3 is 1. The molecule has 1 amide bonds. The highest BCUT2D eigenvalue weighted by molar-refractivity contribution is 9.10. The first-order valence-corrected chi connectivity index (χ1v) is 9.19. The van der Waals surface area contributed by atoms with E-state index in [9.17, 15) is 4.79 Å².